The summed E-state index contributed by atoms with van der Waals surface area (Å²) < 4.78 is 11.3. The molecule has 1 aliphatic rings. The maximum atomic E-state index is 5.25. The molecule has 0 amide bonds. The molecule has 0 atom stereocenters. The quantitative estimate of drug-likeness (QED) is 0.515. The molecular formula is C8H8IN3OS. The van der Waals surface area contributed by atoms with Crippen molar-refractivity contribution in [3.05, 3.63) is 24.3 Å². The summed E-state index contributed by atoms with van der Waals surface area (Å²) in [5, 5.41) is 0.655. The third kappa shape index (κ3) is 1.71. The molecule has 0 saturated heterocycles. The van der Waals surface area contributed by atoms with Crippen molar-refractivity contribution in [1.29, 1.82) is 0 Å². The summed E-state index contributed by atoms with van der Waals surface area (Å²) in [7, 11) is 1.65. The number of hydrogen-bond acceptors (Lipinski definition) is 3. The highest BCUT2D eigenvalue weighted by Gasteiger charge is 2.18. The van der Waals surface area contributed by atoms with Crippen LogP contribution >= 0.6 is 33.5 Å². The summed E-state index contributed by atoms with van der Waals surface area (Å²) in [5.41, 5.74) is 3.78. The lowest BCUT2D eigenvalue weighted by Gasteiger charge is -2.15. The molecule has 1 aromatic rings. The standard InChI is InChI=1S/C8H8IN3OS/c1-13-7-5-3-2-4-6(7)12-8(14)10-11-9-12/h2-5H,1H3,(H,10,14). The molecule has 0 spiro atoms. The number of ether oxygens (including phenoxy) is 1. The van der Waals surface area contributed by atoms with Gasteiger partial charge in [0.25, 0.3) is 0 Å². The molecule has 1 heterocycles. The van der Waals surface area contributed by atoms with Crippen LogP contribution in [-0.2, 0) is 0 Å². The van der Waals surface area contributed by atoms with Gasteiger partial charge >= 0.3 is 0 Å². The number of methoxy groups -OCH3 is 1. The van der Waals surface area contributed by atoms with Crippen LogP contribution in [0.3, 0.4) is 0 Å². The first-order valence-electron chi connectivity index (χ1n) is 3.90. The fourth-order valence-electron chi connectivity index (χ4n) is 1.11. The minimum absolute atomic E-state index is 0.439. The van der Waals surface area contributed by atoms with Gasteiger partial charge in [0.05, 0.1) is 12.8 Å². The van der Waals surface area contributed by atoms with Crippen molar-refractivity contribution in [3.63, 3.8) is 0 Å². The van der Waals surface area contributed by atoms with Gasteiger partial charge in [0.15, 0.2) is 21.3 Å². The topological polar surface area (TPSA) is 36.9 Å². The van der Waals surface area contributed by atoms with Gasteiger partial charge in [-0.05, 0) is 24.4 Å². The number of thiocarbonyl (C=S) groups is 1. The highest BCUT2D eigenvalue weighted by molar-refractivity contribution is 14.2. The molecule has 0 aromatic heterocycles. The van der Waals surface area contributed by atoms with Gasteiger partial charge in [0.1, 0.15) is 5.75 Å². The second-order valence-corrected chi connectivity index (χ2v) is 4.80. The smallest absolute Gasteiger partial charge is 0.204 e. The lowest BCUT2D eigenvalue weighted by Crippen LogP contribution is -2.24. The summed E-state index contributed by atoms with van der Waals surface area (Å²) >= 11 is 4.68. The molecule has 0 fully saturated rings. The Labute approximate surface area is 97.7 Å². The molecule has 0 radical (unpaired) electrons. The van der Waals surface area contributed by atoms with Crippen LogP contribution in [0.15, 0.2) is 27.5 Å². The predicted octanol–water partition coefficient (Wildman–Crippen LogP) is 2.37. The molecule has 0 aliphatic carbocycles. The molecule has 0 unspecified atom stereocenters. The van der Waals surface area contributed by atoms with Crippen molar-refractivity contribution in [2.75, 3.05) is 10.2 Å². The van der Waals surface area contributed by atoms with Crippen LogP contribution in [0.5, 0.6) is 5.75 Å². The van der Waals surface area contributed by atoms with Crippen molar-refractivity contribution in [2.45, 2.75) is 0 Å². The van der Waals surface area contributed by atoms with Gasteiger partial charge in [-0.25, -0.2) is 8.54 Å². The SMILES string of the molecule is COc1ccccc1N1I=NNC1=S. The molecular weight excluding hydrogens is 313 g/mol. The van der Waals surface area contributed by atoms with Crippen molar-refractivity contribution in [1.82, 2.24) is 5.43 Å². The maximum absolute atomic E-state index is 5.25. The summed E-state index contributed by atoms with van der Waals surface area (Å²) in [6.45, 7) is 0. The van der Waals surface area contributed by atoms with E-state index in [1.54, 1.807) is 7.11 Å². The van der Waals surface area contributed by atoms with Crippen molar-refractivity contribution in [3.8, 4) is 5.75 Å². The molecule has 1 aliphatic heterocycles. The fourth-order valence-corrected chi connectivity index (χ4v) is 3.11. The summed E-state index contributed by atoms with van der Waals surface area (Å²) in [4.78, 5) is 0. The van der Waals surface area contributed by atoms with E-state index in [0.717, 1.165) is 11.4 Å². The monoisotopic (exact) mass is 321 g/mol. The van der Waals surface area contributed by atoms with E-state index >= 15 is 0 Å². The number of anilines is 1. The van der Waals surface area contributed by atoms with E-state index in [4.69, 9.17) is 17.0 Å². The van der Waals surface area contributed by atoms with Crippen LogP contribution in [0.4, 0.5) is 5.69 Å². The van der Waals surface area contributed by atoms with E-state index in [2.05, 4.69) is 8.68 Å². The molecule has 14 heavy (non-hydrogen) atoms. The van der Waals surface area contributed by atoms with E-state index in [1.165, 1.54) is 0 Å². The van der Waals surface area contributed by atoms with Gasteiger partial charge in [-0.1, -0.05) is 12.1 Å². The average molecular weight is 321 g/mol. The Hall–Kier alpha value is -0.760. The number of benzene rings is 1. The number of nitrogens with zero attached hydrogens (tertiary/aromatic N) is 2. The Morgan fingerprint density at radius 2 is 2.29 bits per heavy atom. The zero-order chi connectivity index (χ0) is 9.97. The lowest BCUT2D eigenvalue weighted by atomic mass is 10.3. The summed E-state index contributed by atoms with van der Waals surface area (Å²) in [6.07, 6.45) is 0. The van der Waals surface area contributed by atoms with Gasteiger partial charge in [0, 0.05) is 0 Å². The zero-order valence-electron chi connectivity index (χ0n) is 7.40. The number of hydrogen-bond donors (Lipinski definition) is 1. The molecule has 0 bridgehead atoms. The van der Waals surface area contributed by atoms with Crippen LogP contribution in [-0.4, -0.2) is 12.2 Å². The van der Waals surface area contributed by atoms with Gasteiger partial charge in [-0.2, -0.15) is 0 Å². The van der Waals surface area contributed by atoms with Crippen molar-refractivity contribution in [2.24, 2.45) is 3.25 Å². The molecule has 4 nitrogen and oxygen atoms in total. The largest absolute Gasteiger partial charge is 0.495 e. The minimum atomic E-state index is -0.439. The molecule has 0 saturated carbocycles. The third-order valence-electron chi connectivity index (χ3n) is 1.73. The summed E-state index contributed by atoms with van der Waals surface area (Å²) in [5.74, 6) is 0.827. The molecule has 2 rings (SSSR count). The van der Waals surface area contributed by atoms with Gasteiger partial charge < -0.3 is 4.74 Å². The number of para-hydroxylation sites is 2. The Morgan fingerprint density at radius 3 is 2.93 bits per heavy atom. The Kier molecular flexibility index (Phi) is 2.92. The number of rotatable bonds is 2. The van der Waals surface area contributed by atoms with Crippen LogP contribution in [0, 0.1) is 0 Å². The average Bonchev–Trinajstić information content (AvgIpc) is 2.64. The lowest BCUT2D eigenvalue weighted by molar-refractivity contribution is 0.416. The van der Waals surface area contributed by atoms with E-state index < -0.39 is 21.3 Å². The van der Waals surface area contributed by atoms with E-state index in [0.29, 0.717) is 5.11 Å². The normalized spacial score (nSPS) is 14.9. The fraction of sp³-hybridized carbons (Fsp3) is 0.125. The molecule has 6 heteroatoms. The Morgan fingerprint density at radius 1 is 1.50 bits per heavy atom. The Balaban J connectivity index is 2.40. The number of nitrogens with one attached hydrogen (secondary N) is 1. The van der Waals surface area contributed by atoms with Gasteiger partial charge in [-0.15, -0.1) is 3.25 Å². The van der Waals surface area contributed by atoms with E-state index in [-0.39, 0.29) is 0 Å². The van der Waals surface area contributed by atoms with Gasteiger partial charge in [-0.3, -0.25) is 0 Å². The Bertz CT molecular complexity index is 396. The highest BCUT2D eigenvalue weighted by Crippen LogP contribution is 2.34. The maximum Gasteiger partial charge on any atom is 0.204 e. The van der Waals surface area contributed by atoms with Crippen LogP contribution < -0.4 is 13.3 Å². The van der Waals surface area contributed by atoms with Crippen LogP contribution in [0.25, 0.3) is 0 Å². The van der Waals surface area contributed by atoms with Crippen molar-refractivity contribution < 1.29 is 4.74 Å². The van der Waals surface area contributed by atoms with E-state index in [9.17, 15) is 0 Å². The third-order valence-corrected chi connectivity index (χ3v) is 4.22. The summed E-state index contributed by atoms with van der Waals surface area (Å²) in [6, 6.07) is 7.79. The molecule has 74 valence electrons. The first-order valence-corrected chi connectivity index (χ1v) is 6.24. The van der Waals surface area contributed by atoms with Crippen LogP contribution in [0.2, 0.25) is 0 Å². The first-order chi connectivity index (χ1) is 6.83. The minimum Gasteiger partial charge on any atom is -0.495 e. The van der Waals surface area contributed by atoms with Crippen LogP contribution in [0.1, 0.15) is 0 Å². The first kappa shape index (κ1) is 9.78. The zero-order valence-corrected chi connectivity index (χ0v) is 10.4. The predicted molar refractivity (Wildman–Crippen MR) is 67.7 cm³/mol. The van der Waals surface area contributed by atoms with E-state index in [1.807, 2.05) is 27.4 Å². The van der Waals surface area contributed by atoms with Gasteiger partial charge in [0.2, 0.25) is 5.11 Å². The van der Waals surface area contributed by atoms with Crippen molar-refractivity contribution >= 4 is 44.3 Å². The molecule has 1 aromatic carbocycles. The second kappa shape index (κ2) is 4.18. The second-order valence-electron chi connectivity index (χ2n) is 2.53. The number of halogens is 1. The highest BCUT2D eigenvalue weighted by atomic mass is 127. The molecule has 1 N–H and O–H groups in total.